The van der Waals surface area contributed by atoms with E-state index >= 15 is 0 Å². The van der Waals surface area contributed by atoms with Gasteiger partial charge in [0.2, 0.25) is 0 Å². The van der Waals surface area contributed by atoms with Crippen LogP contribution in [0, 0.1) is 0 Å². The molecular weight excluding hydrogens is 334 g/mol. The zero-order chi connectivity index (χ0) is 17.3. The molecule has 5 nitrogen and oxygen atoms in total. The second-order valence-corrected chi connectivity index (χ2v) is 8.13. The summed E-state index contributed by atoms with van der Waals surface area (Å²) in [5, 5.41) is 4.35. The summed E-state index contributed by atoms with van der Waals surface area (Å²) >= 11 is 0. The van der Waals surface area contributed by atoms with Crippen LogP contribution in [0.5, 0.6) is 0 Å². The number of nitrogens with one attached hydrogen (secondary N) is 1. The molecule has 0 aliphatic carbocycles. The monoisotopic (exact) mass is 355 g/mol. The molecule has 2 aromatic carbocycles. The van der Waals surface area contributed by atoms with Gasteiger partial charge in [0.25, 0.3) is 10.0 Å². The number of piperazine rings is 1. The third-order valence-electron chi connectivity index (χ3n) is 4.66. The first-order chi connectivity index (χ1) is 12.2. The molecule has 0 unspecified atom stereocenters. The van der Waals surface area contributed by atoms with E-state index in [1.807, 2.05) is 30.3 Å². The van der Waals surface area contributed by atoms with Gasteiger partial charge in [-0.1, -0.05) is 36.4 Å². The minimum absolute atomic E-state index is 0.310. The van der Waals surface area contributed by atoms with Crippen LogP contribution in [-0.2, 0) is 16.6 Å². The summed E-state index contributed by atoms with van der Waals surface area (Å²) in [5.41, 5.74) is 1.79. The van der Waals surface area contributed by atoms with Crippen LogP contribution < -0.4 is 5.32 Å². The van der Waals surface area contributed by atoms with E-state index in [4.69, 9.17) is 0 Å². The van der Waals surface area contributed by atoms with Crippen LogP contribution in [0.3, 0.4) is 0 Å². The third-order valence-corrected chi connectivity index (χ3v) is 6.35. The maximum Gasteiger partial charge on any atom is 0.268 e. The van der Waals surface area contributed by atoms with E-state index in [1.54, 1.807) is 30.5 Å². The predicted molar refractivity (Wildman–Crippen MR) is 99.1 cm³/mol. The Kier molecular flexibility index (Phi) is 4.33. The smallest absolute Gasteiger partial charge is 0.268 e. The Morgan fingerprint density at radius 2 is 1.60 bits per heavy atom. The van der Waals surface area contributed by atoms with Crippen LogP contribution in [-0.4, -0.2) is 43.5 Å². The van der Waals surface area contributed by atoms with E-state index < -0.39 is 10.0 Å². The Morgan fingerprint density at radius 1 is 0.920 bits per heavy atom. The van der Waals surface area contributed by atoms with Crippen molar-refractivity contribution in [2.24, 2.45) is 0 Å². The average molecular weight is 355 g/mol. The lowest BCUT2D eigenvalue weighted by atomic mass is 10.1. The van der Waals surface area contributed by atoms with E-state index in [0.717, 1.165) is 49.2 Å². The van der Waals surface area contributed by atoms with Gasteiger partial charge in [0.05, 0.1) is 10.4 Å². The molecule has 1 N–H and O–H groups in total. The molecule has 0 amide bonds. The lowest BCUT2D eigenvalue weighted by Crippen LogP contribution is -2.42. The van der Waals surface area contributed by atoms with Gasteiger partial charge in [-0.15, -0.1) is 0 Å². The van der Waals surface area contributed by atoms with Gasteiger partial charge in [-0.2, -0.15) is 0 Å². The summed E-state index contributed by atoms with van der Waals surface area (Å²) in [7, 11) is -3.60. The van der Waals surface area contributed by atoms with Crippen molar-refractivity contribution in [3.63, 3.8) is 0 Å². The van der Waals surface area contributed by atoms with Crippen molar-refractivity contribution < 1.29 is 8.42 Å². The topological polar surface area (TPSA) is 54.3 Å². The normalized spacial score (nSPS) is 16.3. The van der Waals surface area contributed by atoms with Crippen molar-refractivity contribution in [2.75, 3.05) is 26.2 Å². The highest BCUT2D eigenvalue weighted by molar-refractivity contribution is 7.90. The predicted octanol–water partition coefficient (Wildman–Crippen LogP) is 2.28. The van der Waals surface area contributed by atoms with Gasteiger partial charge in [0.1, 0.15) is 0 Å². The molecule has 0 atom stereocenters. The first kappa shape index (κ1) is 16.3. The van der Waals surface area contributed by atoms with Gasteiger partial charge >= 0.3 is 0 Å². The molecule has 6 heteroatoms. The highest BCUT2D eigenvalue weighted by Crippen LogP contribution is 2.27. The molecule has 1 aliphatic heterocycles. The van der Waals surface area contributed by atoms with E-state index in [2.05, 4.69) is 10.2 Å². The summed E-state index contributed by atoms with van der Waals surface area (Å²) < 4.78 is 27.6. The summed E-state index contributed by atoms with van der Waals surface area (Å²) in [6.07, 6.45) is 1.79. The molecule has 0 spiro atoms. The third kappa shape index (κ3) is 3.08. The molecule has 130 valence electrons. The molecule has 0 saturated carbocycles. The summed E-state index contributed by atoms with van der Waals surface area (Å²) in [6.45, 7) is 4.66. The zero-order valence-electron chi connectivity index (χ0n) is 13.9. The molecule has 25 heavy (non-hydrogen) atoms. The van der Waals surface area contributed by atoms with Crippen LogP contribution >= 0.6 is 0 Å². The molecule has 1 aliphatic rings. The van der Waals surface area contributed by atoms with Gasteiger partial charge in [-0.05, 0) is 23.8 Å². The molecule has 0 radical (unpaired) electrons. The Labute approximate surface area is 147 Å². The number of para-hydroxylation sites is 1. The van der Waals surface area contributed by atoms with Crippen LogP contribution in [0.2, 0.25) is 0 Å². The fourth-order valence-corrected chi connectivity index (χ4v) is 4.77. The Balaban J connectivity index is 1.80. The summed E-state index contributed by atoms with van der Waals surface area (Å²) in [6, 6.07) is 16.3. The molecule has 2 heterocycles. The maximum absolute atomic E-state index is 13.1. The maximum atomic E-state index is 13.1. The number of hydrogen-bond acceptors (Lipinski definition) is 4. The quantitative estimate of drug-likeness (QED) is 0.780. The Hall–Kier alpha value is -2.15. The number of benzene rings is 2. The van der Waals surface area contributed by atoms with Crippen LogP contribution in [0.25, 0.3) is 10.9 Å². The lowest BCUT2D eigenvalue weighted by Gasteiger charge is -2.26. The van der Waals surface area contributed by atoms with E-state index in [0.29, 0.717) is 4.90 Å². The highest BCUT2D eigenvalue weighted by Gasteiger charge is 2.22. The fraction of sp³-hybridized carbons (Fsp3) is 0.263. The second kappa shape index (κ2) is 6.63. The first-order valence-electron chi connectivity index (χ1n) is 8.49. The SMILES string of the molecule is O=S(=O)(c1ccccc1)n1cc(CN2CCNCC2)c2ccccc21. The molecular formula is C19H21N3O2S. The number of fused-ring (bicyclic) bond motifs is 1. The van der Waals surface area contributed by atoms with Crippen molar-refractivity contribution >= 4 is 20.9 Å². The van der Waals surface area contributed by atoms with E-state index in [1.165, 1.54) is 3.97 Å². The Bertz CT molecular complexity index is 974. The van der Waals surface area contributed by atoms with Crippen LogP contribution in [0.15, 0.2) is 65.7 Å². The molecule has 1 fully saturated rings. The molecule has 4 rings (SSSR count). The number of nitrogens with zero attached hydrogens (tertiary/aromatic N) is 2. The van der Waals surface area contributed by atoms with Crippen molar-refractivity contribution in [1.82, 2.24) is 14.2 Å². The minimum Gasteiger partial charge on any atom is -0.314 e. The van der Waals surface area contributed by atoms with Crippen LogP contribution in [0.4, 0.5) is 0 Å². The number of aromatic nitrogens is 1. The number of rotatable bonds is 4. The molecule has 1 saturated heterocycles. The average Bonchev–Trinajstić information content (AvgIpc) is 3.03. The van der Waals surface area contributed by atoms with Crippen molar-refractivity contribution in [3.05, 3.63) is 66.4 Å². The van der Waals surface area contributed by atoms with Crippen LogP contribution in [0.1, 0.15) is 5.56 Å². The molecule has 1 aromatic heterocycles. The van der Waals surface area contributed by atoms with Crippen molar-refractivity contribution in [3.8, 4) is 0 Å². The van der Waals surface area contributed by atoms with Crippen molar-refractivity contribution in [2.45, 2.75) is 11.4 Å². The standard InChI is InChI=1S/C19H21N3O2S/c23-25(24,17-6-2-1-3-7-17)22-15-16(14-21-12-10-20-11-13-21)18-8-4-5-9-19(18)22/h1-9,15,20H,10-14H2. The van der Waals surface area contributed by atoms with Gasteiger partial charge < -0.3 is 5.32 Å². The van der Waals surface area contributed by atoms with Gasteiger partial charge in [0, 0.05) is 44.3 Å². The zero-order valence-corrected chi connectivity index (χ0v) is 14.7. The highest BCUT2D eigenvalue weighted by atomic mass is 32.2. The molecule has 0 bridgehead atoms. The largest absolute Gasteiger partial charge is 0.314 e. The minimum atomic E-state index is -3.60. The number of hydrogen-bond donors (Lipinski definition) is 1. The summed E-state index contributed by atoms with van der Waals surface area (Å²) in [5.74, 6) is 0. The lowest BCUT2D eigenvalue weighted by molar-refractivity contribution is 0.234. The van der Waals surface area contributed by atoms with Gasteiger partial charge in [0.15, 0.2) is 0 Å². The van der Waals surface area contributed by atoms with Gasteiger partial charge in [-0.25, -0.2) is 12.4 Å². The van der Waals surface area contributed by atoms with E-state index in [-0.39, 0.29) is 0 Å². The fourth-order valence-electron chi connectivity index (χ4n) is 3.36. The first-order valence-corrected chi connectivity index (χ1v) is 9.93. The molecule has 3 aromatic rings. The van der Waals surface area contributed by atoms with Gasteiger partial charge in [-0.3, -0.25) is 4.90 Å². The second-order valence-electron chi connectivity index (χ2n) is 6.31. The van der Waals surface area contributed by atoms with E-state index in [9.17, 15) is 8.42 Å². The van der Waals surface area contributed by atoms with Crippen molar-refractivity contribution in [1.29, 1.82) is 0 Å². The Morgan fingerprint density at radius 3 is 2.36 bits per heavy atom. The summed E-state index contributed by atoms with van der Waals surface area (Å²) in [4.78, 5) is 2.67.